The number of halogens is 1. The highest BCUT2D eigenvalue weighted by molar-refractivity contribution is 5.91. The summed E-state index contributed by atoms with van der Waals surface area (Å²) < 4.78 is 4.88. The number of quaternary nitrogens is 1. The maximum atomic E-state index is 11.6. The van der Waals surface area contributed by atoms with E-state index in [1.54, 1.807) is 21.1 Å². The summed E-state index contributed by atoms with van der Waals surface area (Å²) >= 11 is 0. The molecule has 0 spiro atoms. The average Bonchev–Trinajstić information content (AvgIpc) is 1.98. The number of carboxylic acid groups (broad SMARTS) is 1. The summed E-state index contributed by atoms with van der Waals surface area (Å²) in [5, 5.41) is 20.6. The Morgan fingerprint density at radius 1 is 1.35 bits per heavy atom. The molecule has 0 saturated heterocycles. The number of carbonyl (C=O) groups excluding carboxylic acids is 2. The van der Waals surface area contributed by atoms with Crippen LogP contribution in [0.2, 0.25) is 0 Å². The van der Waals surface area contributed by atoms with E-state index in [0.717, 1.165) is 0 Å². The van der Waals surface area contributed by atoms with Crippen LogP contribution in [0, 0.1) is 0 Å². The first-order valence-corrected chi connectivity index (χ1v) is 4.85. The fourth-order valence-corrected chi connectivity index (χ4v) is 1.53. The lowest BCUT2D eigenvalue weighted by Gasteiger charge is -2.34. The number of rotatable bonds is 7. The Morgan fingerprint density at radius 3 is 2.12 bits per heavy atom. The zero-order valence-corrected chi connectivity index (χ0v) is 11.3. The zero-order valence-electron chi connectivity index (χ0n) is 10.5. The number of methoxy groups -OCH3 is 1. The Bertz CT molecular complexity index is 276. The van der Waals surface area contributed by atoms with Gasteiger partial charge in [-0.2, -0.15) is 0 Å². The number of ether oxygens (including phenoxy) is 1. The SMILES string of the molecule is COCC(=O)C(O)(CC(=O)[O-])C[N+](C)(C)C.[Cl-]. The number of hydrogen-bond acceptors (Lipinski definition) is 5. The van der Waals surface area contributed by atoms with Crippen LogP contribution in [-0.2, 0) is 14.3 Å². The van der Waals surface area contributed by atoms with Crippen molar-refractivity contribution in [1.82, 2.24) is 0 Å². The standard InChI is InChI=1S/C10H19NO5.ClH/c1-11(2,3)7-10(15,5-9(13)14)8(12)6-16-4;/h15H,5-7H2,1-4H3;1H/p-1. The molecule has 102 valence electrons. The van der Waals surface area contributed by atoms with Gasteiger partial charge in [-0.25, -0.2) is 0 Å². The first kappa shape index (κ1) is 18.7. The molecule has 17 heavy (non-hydrogen) atoms. The van der Waals surface area contributed by atoms with Crippen molar-refractivity contribution in [3.63, 3.8) is 0 Å². The van der Waals surface area contributed by atoms with Gasteiger partial charge in [0.25, 0.3) is 0 Å². The third kappa shape index (κ3) is 7.27. The minimum atomic E-state index is -1.94. The molecule has 0 fully saturated rings. The van der Waals surface area contributed by atoms with Gasteiger partial charge in [0.1, 0.15) is 13.2 Å². The van der Waals surface area contributed by atoms with Gasteiger partial charge in [0.15, 0.2) is 11.4 Å². The quantitative estimate of drug-likeness (QED) is 0.467. The van der Waals surface area contributed by atoms with Crippen molar-refractivity contribution in [1.29, 1.82) is 0 Å². The number of carbonyl (C=O) groups is 2. The van der Waals surface area contributed by atoms with Gasteiger partial charge in [0.2, 0.25) is 0 Å². The lowest BCUT2D eigenvalue weighted by molar-refractivity contribution is -0.875. The fourth-order valence-electron chi connectivity index (χ4n) is 1.53. The molecular formula is C10H19ClNO5-. The molecule has 0 aromatic carbocycles. The predicted molar refractivity (Wildman–Crippen MR) is 54.4 cm³/mol. The van der Waals surface area contributed by atoms with Crippen LogP contribution in [0.15, 0.2) is 0 Å². The third-order valence-corrected chi connectivity index (χ3v) is 1.97. The summed E-state index contributed by atoms with van der Waals surface area (Å²) in [7, 11) is 6.56. The summed E-state index contributed by atoms with van der Waals surface area (Å²) in [5.41, 5.74) is -1.94. The van der Waals surface area contributed by atoms with Crippen molar-refractivity contribution in [3.05, 3.63) is 0 Å². The normalized spacial score (nSPS) is 14.6. The van der Waals surface area contributed by atoms with E-state index >= 15 is 0 Å². The van der Waals surface area contributed by atoms with Crippen LogP contribution in [0.5, 0.6) is 0 Å². The number of aliphatic carboxylic acids is 1. The van der Waals surface area contributed by atoms with E-state index in [0.29, 0.717) is 0 Å². The summed E-state index contributed by atoms with van der Waals surface area (Å²) in [6.07, 6.45) is -0.718. The van der Waals surface area contributed by atoms with Gasteiger partial charge in [0.05, 0.1) is 21.1 Å². The monoisotopic (exact) mass is 268 g/mol. The number of likely N-dealkylation sites (N-methyl/N-ethyl adjacent to an activating group) is 1. The molecule has 1 atom stereocenters. The molecule has 0 aliphatic carbocycles. The van der Waals surface area contributed by atoms with Gasteiger partial charge in [-0.1, -0.05) is 0 Å². The van der Waals surface area contributed by atoms with Crippen molar-refractivity contribution in [2.45, 2.75) is 12.0 Å². The van der Waals surface area contributed by atoms with Crippen molar-refractivity contribution in [3.8, 4) is 0 Å². The molecule has 0 aliphatic heterocycles. The third-order valence-electron chi connectivity index (χ3n) is 1.97. The van der Waals surface area contributed by atoms with E-state index in [4.69, 9.17) is 0 Å². The molecule has 1 N–H and O–H groups in total. The van der Waals surface area contributed by atoms with Crippen molar-refractivity contribution in [2.75, 3.05) is 41.4 Å². The van der Waals surface area contributed by atoms with Crippen LogP contribution in [0.3, 0.4) is 0 Å². The molecule has 0 saturated carbocycles. The van der Waals surface area contributed by atoms with Crippen molar-refractivity contribution in [2.24, 2.45) is 0 Å². The van der Waals surface area contributed by atoms with E-state index < -0.39 is 23.8 Å². The van der Waals surface area contributed by atoms with Crippen molar-refractivity contribution >= 4 is 11.8 Å². The van der Waals surface area contributed by atoms with Gasteiger partial charge >= 0.3 is 0 Å². The molecule has 0 bridgehead atoms. The summed E-state index contributed by atoms with van der Waals surface area (Å²) in [6.45, 7) is -0.326. The summed E-state index contributed by atoms with van der Waals surface area (Å²) in [6, 6.07) is 0. The second kappa shape index (κ2) is 6.90. The van der Waals surface area contributed by atoms with Crippen LogP contribution in [0.25, 0.3) is 0 Å². The maximum Gasteiger partial charge on any atom is 0.196 e. The van der Waals surface area contributed by atoms with Gasteiger partial charge < -0.3 is 36.6 Å². The number of Topliss-reactive ketones (excluding diaryl/α,β-unsaturated/α-hetero) is 1. The highest BCUT2D eigenvalue weighted by atomic mass is 35.5. The van der Waals surface area contributed by atoms with Crippen LogP contribution in [-0.4, -0.2) is 68.3 Å². The molecule has 0 aromatic heterocycles. The first-order valence-electron chi connectivity index (χ1n) is 4.85. The highest BCUT2D eigenvalue weighted by Crippen LogP contribution is 2.15. The van der Waals surface area contributed by atoms with Gasteiger partial charge in [-0.15, -0.1) is 0 Å². The number of hydrogen-bond donors (Lipinski definition) is 1. The van der Waals surface area contributed by atoms with E-state index in [1.807, 2.05) is 0 Å². The number of aliphatic hydroxyl groups is 1. The topological polar surface area (TPSA) is 86.7 Å². The second-order valence-corrected chi connectivity index (χ2v) is 4.88. The minimum Gasteiger partial charge on any atom is -1.00 e. The number of carboxylic acids is 1. The maximum absolute atomic E-state index is 11.6. The lowest BCUT2D eigenvalue weighted by Crippen LogP contribution is -3.00. The number of nitrogens with zero attached hydrogens (tertiary/aromatic N) is 1. The van der Waals surface area contributed by atoms with Crippen LogP contribution < -0.4 is 17.5 Å². The molecule has 0 rings (SSSR count). The molecule has 7 heteroatoms. The molecule has 6 nitrogen and oxygen atoms in total. The second-order valence-electron chi connectivity index (χ2n) is 4.88. The van der Waals surface area contributed by atoms with E-state index in [1.165, 1.54) is 7.11 Å². The molecule has 0 aromatic rings. The summed E-state index contributed by atoms with van der Waals surface area (Å²) in [4.78, 5) is 22.1. The molecule has 1 unspecified atom stereocenters. The van der Waals surface area contributed by atoms with E-state index in [2.05, 4.69) is 4.74 Å². The molecule has 0 aliphatic rings. The molecule has 0 amide bonds. The Balaban J connectivity index is 0. The van der Waals surface area contributed by atoms with E-state index in [9.17, 15) is 19.8 Å². The Labute approximate surface area is 107 Å². The fraction of sp³-hybridized carbons (Fsp3) is 0.800. The first-order chi connectivity index (χ1) is 7.10. The van der Waals surface area contributed by atoms with Crippen LogP contribution >= 0.6 is 0 Å². The van der Waals surface area contributed by atoms with Crippen molar-refractivity contribution < 1.29 is 41.4 Å². The predicted octanol–water partition coefficient (Wildman–Crippen LogP) is -5.22. The zero-order chi connectivity index (χ0) is 13.0. The van der Waals surface area contributed by atoms with Gasteiger partial charge in [-0.05, 0) is 0 Å². The molecule has 0 radical (unpaired) electrons. The largest absolute Gasteiger partial charge is 1.00 e. The Morgan fingerprint density at radius 2 is 1.82 bits per heavy atom. The molecule has 0 heterocycles. The molecular weight excluding hydrogens is 250 g/mol. The summed E-state index contributed by atoms with van der Waals surface area (Å²) in [5.74, 6) is -2.10. The van der Waals surface area contributed by atoms with E-state index in [-0.39, 0.29) is 30.0 Å². The average molecular weight is 269 g/mol. The van der Waals surface area contributed by atoms with Crippen LogP contribution in [0.1, 0.15) is 6.42 Å². The lowest BCUT2D eigenvalue weighted by atomic mass is 9.93. The highest BCUT2D eigenvalue weighted by Gasteiger charge is 2.40. The van der Waals surface area contributed by atoms with Gasteiger partial charge in [0, 0.05) is 19.5 Å². The Hall–Kier alpha value is -0.690. The number of ketones is 1. The minimum absolute atomic E-state index is 0. The van der Waals surface area contributed by atoms with Gasteiger partial charge in [-0.3, -0.25) is 4.79 Å². The Kier molecular flexibility index (Phi) is 7.58. The van der Waals surface area contributed by atoms with Crippen LogP contribution in [0.4, 0.5) is 0 Å². The smallest absolute Gasteiger partial charge is 0.196 e.